The van der Waals surface area contributed by atoms with Crippen molar-refractivity contribution in [1.29, 1.82) is 0 Å². The molecule has 6 heterocycles. The zero-order chi connectivity index (χ0) is 28.3. The van der Waals surface area contributed by atoms with Gasteiger partial charge >= 0.3 is 12.1 Å². The van der Waals surface area contributed by atoms with Gasteiger partial charge in [0, 0.05) is 64.0 Å². The molecule has 6 rings (SSSR count). The van der Waals surface area contributed by atoms with Crippen LogP contribution >= 0.6 is 0 Å². The van der Waals surface area contributed by atoms with Crippen molar-refractivity contribution < 1.29 is 27.8 Å². The molecular weight excluding hydrogens is 526 g/mol. The second-order valence-corrected chi connectivity index (χ2v) is 10.4. The third-order valence-corrected chi connectivity index (χ3v) is 7.88. The van der Waals surface area contributed by atoms with E-state index in [2.05, 4.69) is 30.5 Å². The lowest BCUT2D eigenvalue weighted by atomic mass is 9.80. The standard InChI is InChI=1S/C26H34F2N8O4/c1-3-39-22-16-30-20(15-31-22)32-23(37)34(2)19-17-36(13-8-26(19,27)28)21-14-18(4-9-29-21)40-24(38)33-25-5-10-35(11-6-25)12-7-25/h4,9,14-16,19H,3,5-8,10-13,17H2,1-2H3,(H,33,38)(H,30,32,37)/t19-/m0/s1. The molecule has 4 saturated heterocycles. The van der Waals surface area contributed by atoms with Crippen molar-refractivity contribution >= 4 is 23.8 Å². The highest BCUT2D eigenvalue weighted by atomic mass is 19.3. The van der Waals surface area contributed by atoms with Gasteiger partial charge in [0.15, 0.2) is 5.82 Å². The van der Waals surface area contributed by atoms with E-state index >= 15 is 0 Å². The van der Waals surface area contributed by atoms with Gasteiger partial charge in [0.25, 0.3) is 5.92 Å². The number of carbonyl (C=O) groups is 2. The number of alkyl halides is 2. The van der Waals surface area contributed by atoms with Gasteiger partial charge in [-0.2, -0.15) is 0 Å². The number of carbonyl (C=O) groups excluding carboxylic acids is 2. The van der Waals surface area contributed by atoms with Crippen LogP contribution in [0.2, 0.25) is 0 Å². The number of urea groups is 1. The number of hydrogen-bond donors (Lipinski definition) is 2. The largest absolute Gasteiger partial charge is 0.477 e. The molecule has 2 aromatic rings. The van der Waals surface area contributed by atoms with Gasteiger partial charge in [0.1, 0.15) is 17.6 Å². The first-order chi connectivity index (χ1) is 19.2. The fourth-order valence-electron chi connectivity index (χ4n) is 5.44. The summed E-state index contributed by atoms with van der Waals surface area (Å²) in [6, 6.07) is 0.914. The molecule has 1 atom stereocenters. The van der Waals surface area contributed by atoms with Gasteiger partial charge in [-0.3, -0.25) is 5.32 Å². The third kappa shape index (κ3) is 6.16. The normalized spacial score (nSPS) is 25.1. The van der Waals surface area contributed by atoms with Gasteiger partial charge in [-0.25, -0.2) is 33.3 Å². The van der Waals surface area contributed by atoms with Crippen LogP contribution in [-0.2, 0) is 0 Å². The lowest BCUT2D eigenvalue weighted by Crippen LogP contribution is -2.61. The minimum Gasteiger partial charge on any atom is -0.477 e. The molecule has 12 nitrogen and oxygen atoms in total. The van der Waals surface area contributed by atoms with Gasteiger partial charge in [0.05, 0.1) is 19.0 Å². The van der Waals surface area contributed by atoms with E-state index in [-0.39, 0.29) is 30.2 Å². The van der Waals surface area contributed by atoms with Crippen molar-refractivity contribution in [1.82, 2.24) is 30.1 Å². The van der Waals surface area contributed by atoms with Gasteiger partial charge in [-0.1, -0.05) is 0 Å². The van der Waals surface area contributed by atoms with E-state index < -0.39 is 30.5 Å². The molecule has 0 aliphatic carbocycles. The number of nitrogens with zero attached hydrogens (tertiary/aromatic N) is 6. The highest BCUT2D eigenvalue weighted by Gasteiger charge is 2.48. The van der Waals surface area contributed by atoms with E-state index in [9.17, 15) is 18.4 Å². The first-order valence-electron chi connectivity index (χ1n) is 13.5. The number of amides is 3. The van der Waals surface area contributed by atoms with Gasteiger partial charge < -0.3 is 29.5 Å². The lowest BCUT2D eigenvalue weighted by molar-refractivity contribution is -0.0759. The number of fused-ring (bicyclic) bond motifs is 3. The summed E-state index contributed by atoms with van der Waals surface area (Å²) in [6.45, 7) is 4.93. The SMILES string of the molecule is CCOc1cnc(NC(=O)N(C)[C@H]2CN(c3cc(OC(=O)NC45CCN(CC4)CC5)ccn3)CCC2(F)F)cn1. The highest BCUT2D eigenvalue weighted by Crippen LogP contribution is 2.35. The molecule has 0 unspecified atom stereocenters. The molecule has 4 fully saturated rings. The summed E-state index contributed by atoms with van der Waals surface area (Å²) >= 11 is 0. The van der Waals surface area contributed by atoms with Crippen molar-refractivity contribution in [2.24, 2.45) is 0 Å². The second kappa shape index (κ2) is 11.4. The fourth-order valence-corrected chi connectivity index (χ4v) is 5.44. The maximum atomic E-state index is 15.0. The summed E-state index contributed by atoms with van der Waals surface area (Å²) in [5.74, 6) is -2.09. The Morgan fingerprint density at radius 1 is 1.10 bits per heavy atom. The van der Waals surface area contributed by atoms with E-state index in [0.29, 0.717) is 18.3 Å². The number of aromatic nitrogens is 3. The van der Waals surface area contributed by atoms with Crippen LogP contribution in [0.15, 0.2) is 30.7 Å². The molecule has 216 valence electrons. The van der Waals surface area contributed by atoms with E-state index in [0.717, 1.165) is 43.8 Å². The number of pyridine rings is 1. The summed E-state index contributed by atoms with van der Waals surface area (Å²) < 4.78 is 40.8. The molecule has 40 heavy (non-hydrogen) atoms. The number of anilines is 2. The zero-order valence-electron chi connectivity index (χ0n) is 22.6. The molecule has 0 spiro atoms. The van der Waals surface area contributed by atoms with E-state index in [1.165, 1.54) is 25.6 Å². The van der Waals surface area contributed by atoms with Crippen molar-refractivity contribution in [3.05, 3.63) is 30.7 Å². The number of ether oxygens (including phenoxy) is 2. The maximum Gasteiger partial charge on any atom is 0.413 e. The van der Waals surface area contributed by atoms with Crippen LogP contribution in [-0.4, -0.2) is 101 Å². The molecule has 2 N–H and O–H groups in total. The number of halogens is 2. The van der Waals surface area contributed by atoms with Crippen LogP contribution in [0.4, 0.5) is 30.0 Å². The molecule has 3 amide bonds. The summed E-state index contributed by atoms with van der Waals surface area (Å²) in [7, 11) is 1.31. The fraction of sp³-hybridized carbons (Fsp3) is 0.577. The predicted molar refractivity (Wildman–Crippen MR) is 142 cm³/mol. The average Bonchev–Trinajstić information content (AvgIpc) is 2.94. The molecule has 0 aromatic carbocycles. The molecule has 14 heteroatoms. The van der Waals surface area contributed by atoms with Crippen LogP contribution in [0.25, 0.3) is 0 Å². The minimum absolute atomic E-state index is 0.0194. The quantitative estimate of drug-likeness (QED) is 0.526. The molecule has 4 aliphatic rings. The number of likely N-dealkylation sites (N-methyl/N-ethyl adjacent to an activating group) is 1. The van der Waals surface area contributed by atoms with Crippen LogP contribution in [0.5, 0.6) is 11.6 Å². The first kappa shape index (κ1) is 27.7. The van der Waals surface area contributed by atoms with Gasteiger partial charge in [-0.15, -0.1) is 0 Å². The van der Waals surface area contributed by atoms with Crippen molar-refractivity contribution in [2.75, 3.05) is 56.6 Å². The van der Waals surface area contributed by atoms with Crippen LogP contribution in [0.3, 0.4) is 0 Å². The van der Waals surface area contributed by atoms with Crippen molar-refractivity contribution in [3.63, 3.8) is 0 Å². The Labute approximate surface area is 231 Å². The number of piperidine rings is 4. The molecule has 2 aromatic heterocycles. The monoisotopic (exact) mass is 560 g/mol. The Kier molecular flexibility index (Phi) is 7.88. The summed E-state index contributed by atoms with van der Waals surface area (Å²) in [6.07, 6.45) is 5.75. The molecular formula is C26H34F2N8O4. The number of rotatable bonds is 7. The molecule has 2 bridgehead atoms. The van der Waals surface area contributed by atoms with Gasteiger partial charge in [0.2, 0.25) is 5.88 Å². The molecule has 0 saturated carbocycles. The minimum atomic E-state index is -3.13. The zero-order valence-corrected chi connectivity index (χ0v) is 22.6. The Morgan fingerprint density at radius 2 is 1.85 bits per heavy atom. The predicted octanol–water partition coefficient (Wildman–Crippen LogP) is 2.97. The van der Waals surface area contributed by atoms with E-state index in [4.69, 9.17) is 9.47 Å². The summed E-state index contributed by atoms with van der Waals surface area (Å²) in [4.78, 5) is 42.9. The van der Waals surface area contributed by atoms with Crippen LogP contribution < -0.4 is 25.0 Å². The second-order valence-electron chi connectivity index (χ2n) is 10.4. The molecule has 4 aliphatic heterocycles. The van der Waals surface area contributed by atoms with Crippen molar-refractivity contribution in [3.8, 4) is 11.6 Å². The Hall–Kier alpha value is -3.81. The Balaban J connectivity index is 1.22. The van der Waals surface area contributed by atoms with E-state index in [1.807, 2.05) is 0 Å². The number of hydrogen-bond acceptors (Lipinski definition) is 9. The first-order valence-corrected chi connectivity index (χ1v) is 13.5. The van der Waals surface area contributed by atoms with E-state index in [1.54, 1.807) is 24.0 Å². The Morgan fingerprint density at radius 3 is 2.52 bits per heavy atom. The third-order valence-electron chi connectivity index (χ3n) is 7.88. The summed E-state index contributed by atoms with van der Waals surface area (Å²) in [5.41, 5.74) is -0.241. The summed E-state index contributed by atoms with van der Waals surface area (Å²) in [5, 5.41) is 5.55. The number of nitrogens with one attached hydrogen (secondary N) is 2. The average molecular weight is 561 g/mol. The Bertz CT molecular complexity index is 1200. The van der Waals surface area contributed by atoms with Gasteiger partial charge in [-0.05, 0) is 32.3 Å². The highest BCUT2D eigenvalue weighted by molar-refractivity contribution is 5.88. The lowest BCUT2D eigenvalue weighted by Gasteiger charge is -2.48. The topological polar surface area (TPSA) is 125 Å². The molecule has 0 radical (unpaired) electrons. The smallest absolute Gasteiger partial charge is 0.413 e. The van der Waals surface area contributed by atoms with Crippen molar-refractivity contribution in [2.45, 2.75) is 50.1 Å². The van der Waals surface area contributed by atoms with Crippen LogP contribution in [0.1, 0.15) is 32.6 Å². The maximum absolute atomic E-state index is 15.0. The van der Waals surface area contributed by atoms with Crippen LogP contribution in [0, 0.1) is 0 Å².